The molecule has 0 radical (unpaired) electrons. The molecule has 0 aliphatic heterocycles. The molecule has 0 saturated carbocycles. The molecule has 1 heterocycles. The third kappa shape index (κ3) is 4.84. The number of hydrogen-bond donors (Lipinski definition) is 1. The van der Waals surface area contributed by atoms with Gasteiger partial charge in [0, 0.05) is 11.6 Å². The van der Waals surface area contributed by atoms with Crippen molar-refractivity contribution in [1.29, 1.82) is 5.26 Å². The van der Waals surface area contributed by atoms with Gasteiger partial charge in [-0.15, -0.1) is 10.2 Å². The molecule has 1 aromatic carbocycles. The molecule has 8 heteroatoms. The van der Waals surface area contributed by atoms with Gasteiger partial charge in [0.1, 0.15) is 11.3 Å². The molecule has 1 amide bonds. The van der Waals surface area contributed by atoms with Crippen LogP contribution < -0.4 is 10.1 Å². The largest absolute Gasteiger partial charge is 0.497 e. The van der Waals surface area contributed by atoms with Crippen molar-refractivity contribution >= 4 is 17.7 Å². The number of amides is 1. The second kappa shape index (κ2) is 9.11. The molecule has 0 bridgehead atoms. The van der Waals surface area contributed by atoms with Crippen LogP contribution in [0, 0.1) is 17.2 Å². The van der Waals surface area contributed by atoms with Gasteiger partial charge in [-0.25, -0.2) is 0 Å². The molecule has 1 unspecified atom stereocenters. The first kappa shape index (κ1) is 21.8. The summed E-state index contributed by atoms with van der Waals surface area (Å²) in [5.74, 6) is 1.48. The van der Waals surface area contributed by atoms with Crippen LogP contribution in [-0.2, 0) is 4.79 Å². The van der Waals surface area contributed by atoms with Crippen LogP contribution in [0.2, 0.25) is 0 Å². The van der Waals surface area contributed by atoms with Crippen molar-refractivity contribution in [1.82, 2.24) is 20.1 Å². The fourth-order valence-electron chi connectivity index (χ4n) is 2.54. The molecule has 0 aliphatic rings. The molecule has 0 spiro atoms. The topological polar surface area (TPSA) is 92.8 Å². The van der Waals surface area contributed by atoms with Gasteiger partial charge in [-0.05, 0) is 51.0 Å². The van der Waals surface area contributed by atoms with Gasteiger partial charge in [0.05, 0.1) is 18.9 Å². The SMILES string of the molecule is COc1ccc(-c2nnc(SCC(=O)NC(C)(C#N)C(C)C)n2C(C)C)cc1. The maximum Gasteiger partial charge on any atom is 0.231 e. The summed E-state index contributed by atoms with van der Waals surface area (Å²) in [6.45, 7) is 9.65. The number of carbonyl (C=O) groups excluding carboxylic acids is 1. The van der Waals surface area contributed by atoms with Crippen molar-refractivity contribution in [3.05, 3.63) is 24.3 Å². The Labute approximate surface area is 170 Å². The van der Waals surface area contributed by atoms with Gasteiger partial charge >= 0.3 is 0 Å². The quantitative estimate of drug-likeness (QED) is 0.678. The molecule has 2 aromatic rings. The highest BCUT2D eigenvalue weighted by Crippen LogP contribution is 2.28. The highest BCUT2D eigenvalue weighted by Gasteiger charge is 2.30. The molecule has 2 rings (SSSR count). The van der Waals surface area contributed by atoms with Crippen molar-refractivity contribution in [2.45, 2.75) is 51.4 Å². The maximum atomic E-state index is 12.4. The Morgan fingerprint density at radius 2 is 1.93 bits per heavy atom. The number of nitrogens with one attached hydrogen (secondary N) is 1. The molecule has 0 aliphatic carbocycles. The molecule has 1 aromatic heterocycles. The average Bonchev–Trinajstić information content (AvgIpc) is 3.10. The van der Waals surface area contributed by atoms with Crippen molar-refractivity contribution < 1.29 is 9.53 Å². The number of methoxy groups -OCH3 is 1. The normalized spacial score (nSPS) is 13.2. The Morgan fingerprint density at radius 1 is 1.29 bits per heavy atom. The smallest absolute Gasteiger partial charge is 0.231 e. The Balaban J connectivity index is 2.17. The van der Waals surface area contributed by atoms with E-state index in [9.17, 15) is 10.1 Å². The third-order valence-electron chi connectivity index (χ3n) is 4.65. The second-order valence-corrected chi connectivity index (χ2v) is 8.25. The van der Waals surface area contributed by atoms with Crippen LogP contribution >= 0.6 is 11.8 Å². The Hall–Kier alpha value is -2.53. The summed E-state index contributed by atoms with van der Waals surface area (Å²) in [5.41, 5.74) is 0.0348. The van der Waals surface area contributed by atoms with E-state index in [2.05, 4.69) is 21.6 Å². The minimum absolute atomic E-state index is 0.00689. The number of ether oxygens (including phenoxy) is 1. The summed E-state index contributed by atoms with van der Waals surface area (Å²) in [6, 6.07) is 9.94. The second-order valence-electron chi connectivity index (χ2n) is 7.30. The minimum atomic E-state index is -0.891. The fourth-order valence-corrected chi connectivity index (χ4v) is 3.40. The van der Waals surface area contributed by atoms with E-state index in [0.29, 0.717) is 5.16 Å². The molecular formula is C20H27N5O2S. The lowest BCUT2D eigenvalue weighted by Crippen LogP contribution is -2.49. The zero-order valence-corrected chi connectivity index (χ0v) is 18.0. The Kier molecular flexibility index (Phi) is 7.08. The van der Waals surface area contributed by atoms with E-state index in [-0.39, 0.29) is 23.6 Å². The predicted molar refractivity (Wildman–Crippen MR) is 110 cm³/mol. The predicted octanol–water partition coefficient (Wildman–Crippen LogP) is 3.68. The van der Waals surface area contributed by atoms with Gasteiger partial charge in [0.2, 0.25) is 5.91 Å². The molecule has 7 nitrogen and oxygen atoms in total. The van der Waals surface area contributed by atoms with E-state index in [0.717, 1.165) is 17.1 Å². The zero-order valence-electron chi connectivity index (χ0n) is 17.2. The molecule has 0 saturated heterocycles. The number of thioether (sulfide) groups is 1. The zero-order chi connectivity index (χ0) is 20.9. The van der Waals surface area contributed by atoms with E-state index >= 15 is 0 Å². The number of carbonyl (C=O) groups is 1. The van der Waals surface area contributed by atoms with Crippen molar-refractivity contribution in [3.8, 4) is 23.2 Å². The van der Waals surface area contributed by atoms with E-state index in [1.165, 1.54) is 11.8 Å². The number of benzene rings is 1. The number of nitrogens with zero attached hydrogens (tertiary/aromatic N) is 4. The molecule has 1 N–H and O–H groups in total. The van der Waals surface area contributed by atoms with E-state index in [1.807, 2.05) is 56.5 Å². The van der Waals surface area contributed by atoms with Gasteiger partial charge in [-0.3, -0.25) is 9.36 Å². The van der Waals surface area contributed by atoms with Crippen LogP contribution in [0.25, 0.3) is 11.4 Å². The van der Waals surface area contributed by atoms with E-state index in [4.69, 9.17) is 4.74 Å². The van der Waals surface area contributed by atoms with Crippen LogP contribution in [0.5, 0.6) is 5.75 Å². The van der Waals surface area contributed by atoms with E-state index < -0.39 is 5.54 Å². The molecule has 28 heavy (non-hydrogen) atoms. The highest BCUT2D eigenvalue weighted by molar-refractivity contribution is 7.99. The third-order valence-corrected chi connectivity index (χ3v) is 5.59. The van der Waals surface area contributed by atoms with Gasteiger partial charge in [0.15, 0.2) is 11.0 Å². The molecule has 150 valence electrons. The number of aromatic nitrogens is 3. The van der Waals surface area contributed by atoms with Crippen LogP contribution in [0.4, 0.5) is 0 Å². The first-order valence-corrected chi connectivity index (χ1v) is 10.1. The highest BCUT2D eigenvalue weighted by atomic mass is 32.2. The summed E-state index contributed by atoms with van der Waals surface area (Å²) in [7, 11) is 1.63. The van der Waals surface area contributed by atoms with Crippen molar-refractivity contribution in [2.75, 3.05) is 12.9 Å². The summed E-state index contributed by atoms with van der Waals surface area (Å²) in [4.78, 5) is 12.4. The number of nitriles is 1. The van der Waals surface area contributed by atoms with Crippen LogP contribution in [0.3, 0.4) is 0 Å². The van der Waals surface area contributed by atoms with Crippen LogP contribution in [0.1, 0.15) is 40.7 Å². The summed E-state index contributed by atoms with van der Waals surface area (Å²) in [6.07, 6.45) is 0. The maximum absolute atomic E-state index is 12.4. The monoisotopic (exact) mass is 401 g/mol. The van der Waals surface area contributed by atoms with Gasteiger partial charge < -0.3 is 10.1 Å². The average molecular weight is 402 g/mol. The molecular weight excluding hydrogens is 374 g/mol. The van der Waals surface area contributed by atoms with Gasteiger partial charge in [-0.1, -0.05) is 25.6 Å². The summed E-state index contributed by atoms with van der Waals surface area (Å²) < 4.78 is 7.21. The Bertz CT molecular complexity index is 854. The van der Waals surface area contributed by atoms with Gasteiger partial charge in [0.25, 0.3) is 0 Å². The van der Waals surface area contributed by atoms with E-state index in [1.54, 1.807) is 14.0 Å². The van der Waals surface area contributed by atoms with Gasteiger partial charge in [-0.2, -0.15) is 5.26 Å². The molecule has 1 atom stereocenters. The Morgan fingerprint density at radius 3 is 2.43 bits per heavy atom. The lowest BCUT2D eigenvalue weighted by molar-refractivity contribution is -0.120. The number of rotatable bonds is 8. The lowest BCUT2D eigenvalue weighted by Gasteiger charge is -2.27. The summed E-state index contributed by atoms with van der Waals surface area (Å²) >= 11 is 1.31. The van der Waals surface area contributed by atoms with Crippen LogP contribution in [0.15, 0.2) is 29.4 Å². The van der Waals surface area contributed by atoms with Crippen molar-refractivity contribution in [3.63, 3.8) is 0 Å². The number of hydrogen-bond acceptors (Lipinski definition) is 6. The minimum Gasteiger partial charge on any atom is -0.497 e. The fraction of sp³-hybridized carbons (Fsp3) is 0.500. The lowest BCUT2D eigenvalue weighted by atomic mass is 9.90. The summed E-state index contributed by atoms with van der Waals surface area (Å²) in [5, 5.41) is 21.5. The standard InChI is InChI=1S/C20H27N5O2S/c1-13(2)20(5,12-21)22-17(26)11-28-19-24-23-18(25(19)14(3)4)15-7-9-16(27-6)10-8-15/h7-10,13-14H,11H2,1-6H3,(H,22,26). The van der Waals surface area contributed by atoms with Crippen LogP contribution in [-0.4, -0.2) is 39.1 Å². The molecule has 0 fully saturated rings. The van der Waals surface area contributed by atoms with Crippen molar-refractivity contribution in [2.24, 2.45) is 5.92 Å². The first-order valence-electron chi connectivity index (χ1n) is 9.16. The first-order chi connectivity index (χ1) is 13.2.